The Morgan fingerprint density at radius 3 is 2.42 bits per heavy atom. The molecule has 1 aromatic rings. The molecular weight excluding hydrogens is 432 g/mol. The zero-order valence-electron chi connectivity index (χ0n) is 13.6. The molecule has 8 nitrogen and oxygen atoms in total. The number of ether oxygens (including phenoxy) is 2. The predicted octanol–water partition coefficient (Wildman–Crippen LogP) is 3.50. The van der Waals surface area contributed by atoms with Gasteiger partial charge in [-0.15, -0.1) is 0 Å². The number of nitro groups is 1. The molecule has 10 heteroatoms. The largest absolute Gasteiger partial charge is 0.465 e. The quantitative estimate of drug-likeness (QED) is 0.399. The van der Waals surface area contributed by atoms with Gasteiger partial charge >= 0.3 is 17.6 Å². The Balaban J connectivity index is 2.87. The van der Waals surface area contributed by atoms with Gasteiger partial charge < -0.3 is 14.4 Å². The Kier molecular flexibility index (Phi) is 6.17. The lowest BCUT2D eigenvalue weighted by molar-refractivity contribution is -0.384. The van der Waals surface area contributed by atoms with Gasteiger partial charge in [0.15, 0.2) is 0 Å². The Morgan fingerprint density at radius 2 is 1.85 bits per heavy atom. The molecule has 1 aromatic carbocycles. The van der Waals surface area contributed by atoms with Gasteiger partial charge in [0.2, 0.25) is 0 Å². The van der Waals surface area contributed by atoms with Crippen LogP contribution in [-0.2, 0) is 19.1 Å². The number of hydrogen-bond acceptors (Lipinski definition) is 7. The SMILES string of the molecule is COC(=O)C1=C(C(=O)OC)N(c2c(Br)ccc(Cl)c2[N+](=O)[O-])C=CC=C1. The summed E-state index contributed by atoms with van der Waals surface area (Å²) in [5, 5.41) is 11.4. The van der Waals surface area contributed by atoms with Gasteiger partial charge in [-0.25, -0.2) is 9.59 Å². The number of carbonyl (C=O) groups excluding carboxylic acids is 2. The van der Waals surface area contributed by atoms with Crippen LogP contribution in [0.3, 0.4) is 0 Å². The van der Waals surface area contributed by atoms with Gasteiger partial charge in [0.05, 0.1) is 24.7 Å². The number of esters is 2. The Bertz CT molecular complexity index is 878. The van der Waals surface area contributed by atoms with E-state index in [9.17, 15) is 19.7 Å². The van der Waals surface area contributed by atoms with E-state index in [1.54, 1.807) is 0 Å². The minimum Gasteiger partial charge on any atom is -0.465 e. The summed E-state index contributed by atoms with van der Waals surface area (Å²) in [4.78, 5) is 36.6. The van der Waals surface area contributed by atoms with Crippen molar-refractivity contribution >= 4 is 50.8 Å². The molecule has 0 spiro atoms. The maximum absolute atomic E-state index is 12.4. The van der Waals surface area contributed by atoms with Crippen LogP contribution in [0.15, 0.2) is 52.3 Å². The topological polar surface area (TPSA) is 99.0 Å². The second kappa shape index (κ2) is 8.15. The standard InChI is InChI=1S/C16H12BrClN2O6/c1-25-15(21)9-5-3-4-8-19(12(9)16(22)26-2)13-10(17)6-7-11(18)14(13)20(23)24/h3-8H,1-2H3. The smallest absolute Gasteiger partial charge is 0.355 e. The number of methoxy groups -OCH3 is 2. The Hall–Kier alpha value is -2.65. The lowest BCUT2D eigenvalue weighted by atomic mass is 10.1. The van der Waals surface area contributed by atoms with E-state index in [2.05, 4.69) is 15.9 Å². The van der Waals surface area contributed by atoms with Gasteiger partial charge in [-0.2, -0.15) is 0 Å². The maximum atomic E-state index is 12.4. The van der Waals surface area contributed by atoms with Crippen LogP contribution in [0.4, 0.5) is 11.4 Å². The number of rotatable bonds is 4. The van der Waals surface area contributed by atoms with Gasteiger partial charge in [0, 0.05) is 10.7 Å². The van der Waals surface area contributed by atoms with E-state index in [-0.39, 0.29) is 26.5 Å². The van der Waals surface area contributed by atoms with Crippen molar-refractivity contribution < 1.29 is 24.0 Å². The predicted molar refractivity (Wildman–Crippen MR) is 97.6 cm³/mol. The van der Waals surface area contributed by atoms with Crippen LogP contribution >= 0.6 is 27.5 Å². The zero-order valence-corrected chi connectivity index (χ0v) is 15.9. The first-order chi connectivity index (χ1) is 12.3. The van der Waals surface area contributed by atoms with Crippen LogP contribution in [0.1, 0.15) is 0 Å². The first kappa shape index (κ1) is 19.7. The average molecular weight is 444 g/mol. The number of halogens is 2. The van der Waals surface area contributed by atoms with Crippen LogP contribution in [-0.4, -0.2) is 31.1 Å². The highest BCUT2D eigenvalue weighted by atomic mass is 79.9. The molecule has 0 aromatic heterocycles. The Labute approximate surface area is 161 Å². The number of benzene rings is 1. The molecule has 1 aliphatic heterocycles. The molecular formula is C16H12BrClN2O6. The third-order valence-corrected chi connectivity index (χ3v) is 4.31. The fourth-order valence-electron chi connectivity index (χ4n) is 2.27. The molecule has 0 saturated carbocycles. The highest BCUT2D eigenvalue weighted by Gasteiger charge is 2.33. The second-order valence-electron chi connectivity index (χ2n) is 4.80. The highest BCUT2D eigenvalue weighted by Crippen LogP contribution is 2.43. The molecule has 0 amide bonds. The molecule has 0 atom stereocenters. The van der Waals surface area contributed by atoms with Crippen molar-refractivity contribution in [2.24, 2.45) is 0 Å². The summed E-state index contributed by atoms with van der Waals surface area (Å²) < 4.78 is 9.75. The molecule has 0 fully saturated rings. The Morgan fingerprint density at radius 1 is 1.19 bits per heavy atom. The summed E-state index contributed by atoms with van der Waals surface area (Å²) >= 11 is 9.22. The summed E-state index contributed by atoms with van der Waals surface area (Å²) in [6.07, 6.45) is 5.70. The van der Waals surface area contributed by atoms with Crippen molar-refractivity contribution in [2.75, 3.05) is 19.1 Å². The minimum absolute atomic E-state index is 0.0377. The van der Waals surface area contributed by atoms with Crippen molar-refractivity contribution in [2.45, 2.75) is 0 Å². The van der Waals surface area contributed by atoms with Gasteiger partial charge in [0.1, 0.15) is 16.4 Å². The van der Waals surface area contributed by atoms with E-state index in [0.29, 0.717) is 0 Å². The van der Waals surface area contributed by atoms with E-state index >= 15 is 0 Å². The molecule has 26 heavy (non-hydrogen) atoms. The van der Waals surface area contributed by atoms with Gasteiger partial charge in [-0.05, 0) is 40.2 Å². The molecule has 0 saturated heterocycles. The van der Waals surface area contributed by atoms with Crippen LogP contribution in [0.5, 0.6) is 0 Å². The molecule has 1 heterocycles. The molecule has 136 valence electrons. The molecule has 0 bridgehead atoms. The fourth-order valence-corrected chi connectivity index (χ4v) is 3.00. The van der Waals surface area contributed by atoms with Crippen molar-refractivity contribution in [1.29, 1.82) is 0 Å². The minimum atomic E-state index is -0.886. The zero-order chi connectivity index (χ0) is 19.4. The number of hydrogen-bond donors (Lipinski definition) is 0. The molecule has 1 aliphatic rings. The van der Waals surface area contributed by atoms with Crippen molar-refractivity contribution in [1.82, 2.24) is 0 Å². The molecule has 2 rings (SSSR count). The number of nitrogens with zero attached hydrogens (tertiary/aromatic N) is 2. The van der Waals surface area contributed by atoms with Crippen molar-refractivity contribution in [3.05, 3.63) is 67.4 Å². The van der Waals surface area contributed by atoms with Gasteiger partial charge in [0.25, 0.3) is 0 Å². The van der Waals surface area contributed by atoms with Crippen LogP contribution < -0.4 is 4.90 Å². The fraction of sp³-hybridized carbons (Fsp3) is 0.125. The summed E-state index contributed by atoms with van der Waals surface area (Å²) in [7, 11) is 2.28. The normalized spacial score (nSPS) is 13.5. The van der Waals surface area contributed by atoms with Crippen LogP contribution in [0, 0.1) is 10.1 Å². The maximum Gasteiger partial charge on any atom is 0.355 e. The lowest BCUT2D eigenvalue weighted by Gasteiger charge is -2.24. The summed E-state index contributed by atoms with van der Waals surface area (Å²) in [6.45, 7) is 0. The van der Waals surface area contributed by atoms with Gasteiger partial charge in [-0.3, -0.25) is 10.1 Å². The summed E-state index contributed by atoms with van der Waals surface area (Å²) in [6, 6.07) is 2.83. The highest BCUT2D eigenvalue weighted by molar-refractivity contribution is 9.10. The van der Waals surface area contributed by atoms with Gasteiger partial charge in [-0.1, -0.05) is 17.7 Å². The monoisotopic (exact) mass is 442 g/mol. The van der Waals surface area contributed by atoms with E-state index in [1.807, 2.05) is 0 Å². The summed E-state index contributed by atoms with van der Waals surface area (Å²) in [5.74, 6) is -1.70. The number of anilines is 1. The molecule has 0 N–H and O–H groups in total. The van der Waals surface area contributed by atoms with Crippen LogP contribution in [0.2, 0.25) is 5.02 Å². The number of nitro benzene ring substituents is 1. The van der Waals surface area contributed by atoms with E-state index in [1.165, 1.54) is 36.6 Å². The first-order valence-corrected chi connectivity index (χ1v) is 8.18. The van der Waals surface area contributed by atoms with Crippen molar-refractivity contribution in [3.8, 4) is 0 Å². The van der Waals surface area contributed by atoms with E-state index < -0.39 is 22.5 Å². The van der Waals surface area contributed by atoms with Crippen molar-refractivity contribution in [3.63, 3.8) is 0 Å². The molecule has 0 unspecified atom stereocenters. The molecule has 0 aliphatic carbocycles. The number of carbonyl (C=O) groups is 2. The lowest BCUT2D eigenvalue weighted by Crippen LogP contribution is -2.27. The van der Waals surface area contributed by atoms with E-state index in [4.69, 9.17) is 21.1 Å². The third kappa shape index (κ3) is 3.63. The third-order valence-electron chi connectivity index (χ3n) is 3.37. The average Bonchev–Trinajstić information content (AvgIpc) is 2.84. The molecule has 0 radical (unpaired) electrons. The van der Waals surface area contributed by atoms with Crippen LogP contribution in [0.25, 0.3) is 0 Å². The number of allylic oxidation sites excluding steroid dienone is 2. The first-order valence-electron chi connectivity index (χ1n) is 7.00. The second-order valence-corrected chi connectivity index (χ2v) is 6.06. The summed E-state index contributed by atoms with van der Waals surface area (Å²) in [5.41, 5.74) is -0.872. The van der Waals surface area contributed by atoms with E-state index in [0.717, 1.165) is 19.1 Å².